The van der Waals surface area contributed by atoms with E-state index in [2.05, 4.69) is 9.97 Å². The van der Waals surface area contributed by atoms with Crippen LogP contribution in [0.2, 0.25) is 0 Å². The molecule has 3 aromatic rings. The number of aromatic amines is 1. The SMILES string of the molecule is COC(=O)c1sccc1CSc1nc2ccccc2[nH]1. The minimum atomic E-state index is -0.278. The zero-order valence-corrected chi connectivity index (χ0v) is 12.4. The topological polar surface area (TPSA) is 55.0 Å². The molecule has 0 aliphatic rings. The number of ether oxygens (including phenoxy) is 1. The first-order valence-electron chi connectivity index (χ1n) is 6.00. The quantitative estimate of drug-likeness (QED) is 0.590. The molecule has 1 N–H and O–H groups in total. The van der Waals surface area contributed by atoms with Gasteiger partial charge < -0.3 is 9.72 Å². The van der Waals surface area contributed by atoms with Crippen molar-refractivity contribution >= 4 is 40.1 Å². The summed E-state index contributed by atoms with van der Waals surface area (Å²) in [5.74, 6) is 0.411. The van der Waals surface area contributed by atoms with E-state index in [1.807, 2.05) is 35.7 Å². The minimum absolute atomic E-state index is 0.278. The molecule has 0 radical (unpaired) electrons. The standard InChI is InChI=1S/C14H12N2O2S2/c1-18-13(17)12-9(6-7-19-12)8-20-14-15-10-4-2-3-5-11(10)16-14/h2-7H,8H2,1H3,(H,15,16). The Morgan fingerprint density at radius 1 is 1.40 bits per heavy atom. The van der Waals surface area contributed by atoms with Crippen LogP contribution < -0.4 is 0 Å². The number of hydrogen-bond donors (Lipinski definition) is 1. The summed E-state index contributed by atoms with van der Waals surface area (Å²) in [5.41, 5.74) is 2.95. The number of methoxy groups -OCH3 is 1. The van der Waals surface area contributed by atoms with E-state index in [0.717, 1.165) is 21.8 Å². The lowest BCUT2D eigenvalue weighted by molar-refractivity contribution is 0.0605. The van der Waals surface area contributed by atoms with Crippen molar-refractivity contribution in [2.45, 2.75) is 10.9 Å². The number of thioether (sulfide) groups is 1. The van der Waals surface area contributed by atoms with E-state index in [-0.39, 0.29) is 5.97 Å². The first-order valence-corrected chi connectivity index (χ1v) is 7.86. The maximum atomic E-state index is 11.6. The van der Waals surface area contributed by atoms with Gasteiger partial charge in [0.25, 0.3) is 0 Å². The predicted octanol–water partition coefficient (Wildman–Crippen LogP) is 3.70. The van der Waals surface area contributed by atoms with Gasteiger partial charge in [-0.3, -0.25) is 0 Å². The number of para-hydroxylation sites is 2. The molecule has 0 unspecified atom stereocenters. The number of thiophene rings is 1. The van der Waals surface area contributed by atoms with Gasteiger partial charge in [-0.1, -0.05) is 23.9 Å². The average Bonchev–Trinajstić information content (AvgIpc) is 3.10. The largest absolute Gasteiger partial charge is 0.465 e. The highest BCUT2D eigenvalue weighted by atomic mass is 32.2. The average molecular weight is 304 g/mol. The number of hydrogen-bond acceptors (Lipinski definition) is 5. The molecule has 102 valence electrons. The highest BCUT2D eigenvalue weighted by molar-refractivity contribution is 7.98. The van der Waals surface area contributed by atoms with E-state index >= 15 is 0 Å². The van der Waals surface area contributed by atoms with Crippen molar-refractivity contribution < 1.29 is 9.53 Å². The lowest BCUT2D eigenvalue weighted by Gasteiger charge is -2.00. The third-order valence-electron chi connectivity index (χ3n) is 2.85. The van der Waals surface area contributed by atoms with Crippen molar-refractivity contribution in [3.8, 4) is 0 Å². The Morgan fingerprint density at radius 3 is 3.05 bits per heavy atom. The molecule has 0 bridgehead atoms. The molecule has 0 amide bonds. The summed E-state index contributed by atoms with van der Waals surface area (Å²) in [6.07, 6.45) is 0. The number of fused-ring (bicyclic) bond motifs is 1. The maximum Gasteiger partial charge on any atom is 0.348 e. The van der Waals surface area contributed by atoms with E-state index in [1.54, 1.807) is 11.8 Å². The fourth-order valence-corrected chi connectivity index (χ4v) is 3.67. The van der Waals surface area contributed by atoms with Gasteiger partial charge in [-0.15, -0.1) is 11.3 Å². The lowest BCUT2D eigenvalue weighted by atomic mass is 10.3. The van der Waals surface area contributed by atoms with Crippen LogP contribution in [0.3, 0.4) is 0 Å². The molecule has 0 fully saturated rings. The van der Waals surface area contributed by atoms with Crippen LogP contribution in [-0.4, -0.2) is 23.0 Å². The summed E-state index contributed by atoms with van der Waals surface area (Å²) in [7, 11) is 1.40. The molecule has 0 spiro atoms. The maximum absolute atomic E-state index is 11.6. The third kappa shape index (κ3) is 2.57. The summed E-state index contributed by atoms with van der Waals surface area (Å²) in [4.78, 5) is 20.0. The van der Waals surface area contributed by atoms with Gasteiger partial charge in [-0.25, -0.2) is 9.78 Å². The third-order valence-corrected chi connectivity index (χ3v) is 4.71. The van der Waals surface area contributed by atoms with Crippen LogP contribution in [0.4, 0.5) is 0 Å². The smallest absolute Gasteiger partial charge is 0.348 e. The fraction of sp³-hybridized carbons (Fsp3) is 0.143. The molecule has 0 saturated carbocycles. The molecule has 2 aromatic heterocycles. The molecular formula is C14H12N2O2S2. The van der Waals surface area contributed by atoms with Gasteiger partial charge in [0, 0.05) is 5.75 Å². The monoisotopic (exact) mass is 304 g/mol. The Kier molecular flexibility index (Phi) is 3.75. The Morgan fingerprint density at radius 2 is 2.25 bits per heavy atom. The van der Waals surface area contributed by atoms with Crippen molar-refractivity contribution in [1.82, 2.24) is 9.97 Å². The molecule has 3 rings (SSSR count). The number of nitrogens with one attached hydrogen (secondary N) is 1. The van der Waals surface area contributed by atoms with Gasteiger partial charge in [0.05, 0.1) is 18.1 Å². The van der Waals surface area contributed by atoms with E-state index in [0.29, 0.717) is 10.6 Å². The molecule has 0 aliphatic carbocycles. The predicted molar refractivity (Wildman–Crippen MR) is 81.3 cm³/mol. The summed E-state index contributed by atoms with van der Waals surface area (Å²) in [6.45, 7) is 0. The van der Waals surface area contributed by atoms with Crippen LogP contribution in [-0.2, 0) is 10.5 Å². The molecule has 4 nitrogen and oxygen atoms in total. The van der Waals surface area contributed by atoms with E-state index in [9.17, 15) is 4.79 Å². The first-order chi connectivity index (χ1) is 9.78. The Balaban J connectivity index is 1.76. The summed E-state index contributed by atoms with van der Waals surface area (Å²) in [5, 5.41) is 2.76. The lowest BCUT2D eigenvalue weighted by Crippen LogP contribution is -2.01. The van der Waals surface area contributed by atoms with E-state index < -0.39 is 0 Å². The van der Waals surface area contributed by atoms with Gasteiger partial charge in [0.1, 0.15) is 4.88 Å². The van der Waals surface area contributed by atoms with Gasteiger partial charge in [0.15, 0.2) is 5.16 Å². The molecule has 20 heavy (non-hydrogen) atoms. The molecule has 0 aliphatic heterocycles. The van der Waals surface area contributed by atoms with Crippen molar-refractivity contribution in [1.29, 1.82) is 0 Å². The fourth-order valence-electron chi connectivity index (χ4n) is 1.86. The van der Waals surface area contributed by atoms with Crippen LogP contribution in [0.25, 0.3) is 11.0 Å². The van der Waals surface area contributed by atoms with Crippen LogP contribution in [0, 0.1) is 0 Å². The normalized spacial score (nSPS) is 10.8. The van der Waals surface area contributed by atoms with Gasteiger partial charge in [-0.05, 0) is 29.1 Å². The zero-order valence-electron chi connectivity index (χ0n) is 10.8. The van der Waals surface area contributed by atoms with Crippen molar-refractivity contribution in [3.63, 3.8) is 0 Å². The molecule has 1 aromatic carbocycles. The Labute approximate surface area is 124 Å². The van der Waals surface area contributed by atoms with Crippen LogP contribution in [0.5, 0.6) is 0 Å². The van der Waals surface area contributed by atoms with E-state index in [1.165, 1.54) is 18.4 Å². The minimum Gasteiger partial charge on any atom is -0.465 e. The van der Waals surface area contributed by atoms with Crippen LogP contribution in [0.1, 0.15) is 15.2 Å². The molecule has 2 heterocycles. The number of aromatic nitrogens is 2. The van der Waals surface area contributed by atoms with Gasteiger partial charge in [-0.2, -0.15) is 0 Å². The Bertz CT molecular complexity index is 715. The number of nitrogens with zero attached hydrogens (tertiary/aromatic N) is 1. The van der Waals surface area contributed by atoms with Crippen molar-refractivity contribution in [2.24, 2.45) is 0 Å². The highest BCUT2D eigenvalue weighted by Crippen LogP contribution is 2.27. The zero-order chi connectivity index (χ0) is 13.9. The Hall–Kier alpha value is -1.79. The number of H-pyrrole nitrogens is 1. The second-order valence-corrected chi connectivity index (χ2v) is 5.99. The highest BCUT2D eigenvalue weighted by Gasteiger charge is 2.14. The number of carbonyl (C=O) groups excluding carboxylic acids is 1. The first kappa shape index (κ1) is 13.2. The molecule has 6 heteroatoms. The van der Waals surface area contributed by atoms with Gasteiger partial charge in [0.2, 0.25) is 0 Å². The van der Waals surface area contributed by atoms with Crippen LogP contribution >= 0.6 is 23.1 Å². The molecular weight excluding hydrogens is 292 g/mol. The summed E-state index contributed by atoms with van der Waals surface area (Å²) < 4.78 is 4.77. The van der Waals surface area contributed by atoms with Gasteiger partial charge >= 0.3 is 5.97 Å². The van der Waals surface area contributed by atoms with Crippen molar-refractivity contribution in [2.75, 3.05) is 7.11 Å². The second-order valence-electron chi connectivity index (χ2n) is 4.11. The molecule has 0 atom stereocenters. The number of esters is 1. The second kappa shape index (κ2) is 5.68. The van der Waals surface area contributed by atoms with E-state index in [4.69, 9.17) is 4.74 Å². The number of rotatable bonds is 4. The number of benzene rings is 1. The van der Waals surface area contributed by atoms with Crippen LogP contribution in [0.15, 0.2) is 40.9 Å². The summed E-state index contributed by atoms with van der Waals surface area (Å²) in [6, 6.07) is 9.86. The molecule has 0 saturated heterocycles. The number of imidazole rings is 1. The van der Waals surface area contributed by atoms with Crippen molar-refractivity contribution in [3.05, 3.63) is 46.2 Å². The number of carbonyl (C=O) groups is 1. The summed E-state index contributed by atoms with van der Waals surface area (Å²) >= 11 is 2.98.